The molecule has 2 aliphatic rings. The Labute approximate surface area is 184 Å². The van der Waals surface area contributed by atoms with Gasteiger partial charge in [0.15, 0.2) is 0 Å². The predicted molar refractivity (Wildman–Crippen MR) is 119 cm³/mol. The van der Waals surface area contributed by atoms with Crippen LogP contribution in [0.25, 0.3) is 6.08 Å². The summed E-state index contributed by atoms with van der Waals surface area (Å²) < 4.78 is 5.16. The molecular weight excluding hydrogens is 416 g/mol. The Morgan fingerprint density at radius 1 is 1.26 bits per heavy atom. The molecule has 0 saturated carbocycles. The highest BCUT2D eigenvalue weighted by molar-refractivity contribution is 8.18. The zero-order valence-corrected chi connectivity index (χ0v) is 18.0. The molecule has 4 rings (SSSR count). The highest BCUT2D eigenvalue weighted by atomic mass is 32.2. The van der Waals surface area contributed by atoms with Gasteiger partial charge < -0.3 is 15.0 Å². The number of anilines is 1. The monoisotopic (exact) mass is 440 g/mol. The zero-order valence-electron chi connectivity index (χ0n) is 17.2. The maximum absolute atomic E-state index is 11.7. The third kappa shape index (κ3) is 5.59. The van der Waals surface area contributed by atoms with E-state index in [0.29, 0.717) is 34.9 Å². The van der Waals surface area contributed by atoms with Crippen molar-refractivity contribution in [2.45, 2.75) is 19.4 Å². The van der Waals surface area contributed by atoms with E-state index in [2.05, 4.69) is 30.5 Å². The Morgan fingerprint density at radius 3 is 2.84 bits per heavy atom. The van der Waals surface area contributed by atoms with Crippen molar-refractivity contribution in [2.24, 2.45) is 5.92 Å². The molecule has 10 heteroatoms. The maximum atomic E-state index is 11.7. The molecule has 2 aliphatic heterocycles. The molecule has 0 radical (unpaired) electrons. The van der Waals surface area contributed by atoms with Gasteiger partial charge in [0.2, 0.25) is 11.8 Å². The van der Waals surface area contributed by atoms with E-state index in [-0.39, 0.29) is 11.1 Å². The van der Waals surface area contributed by atoms with E-state index in [1.54, 1.807) is 25.4 Å². The van der Waals surface area contributed by atoms with E-state index < -0.39 is 0 Å². The van der Waals surface area contributed by atoms with Crippen molar-refractivity contribution in [3.05, 3.63) is 46.8 Å². The van der Waals surface area contributed by atoms with Gasteiger partial charge in [-0.15, -0.1) is 0 Å². The molecule has 2 aromatic heterocycles. The molecule has 0 unspecified atom stereocenters. The van der Waals surface area contributed by atoms with Gasteiger partial charge in [-0.25, -0.2) is 15.0 Å². The molecule has 2 amide bonds. The summed E-state index contributed by atoms with van der Waals surface area (Å²) in [7, 11) is 1.62. The number of hydrogen-bond donors (Lipinski definition) is 2. The second-order valence-corrected chi connectivity index (χ2v) is 8.38. The summed E-state index contributed by atoms with van der Waals surface area (Å²) in [6.07, 6.45) is 5.39. The van der Waals surface area contributed by atoms with Crippen molar-refractivity contribution in [1.82, 2.24) is 25.6 Å². The first-order valence-electron chi connectivity index (χ1n) is 10.1. The Morgan fingerprint density at radius 2 is 2.10 bits per heavy atom. The fraction of sp³-hybridized carbons (Fsp3) is 0.381. The Bertz CT molecular complexity index is 991. The minimum atomic E-state index is -0.382. The van der Waals surface area contributed by atoms with Crippen LogP contribution in [0, 0.1) is 5.92 Å². The first-order valence-corrected chi connectivity index (χ1v) is 11.0. The normalized spacial score (nSPS) is 18.5. The molecule has 2 N–H and O–H groups in total. The number of hydrogen-bond acceptors (Lipinski definition) is 9. The van der Waals surface area contributed by atoms with Crippen molar-refractivity contribution in [2.75, 3.05) is 31.6 Å². The van der Waals surface area contributed by atoms with Crippen molar-refractivity contribution in [3.63, 3.8) is 0 Å². The fourth-order valence-corrected chi connectivity index (χ4v) is 4.23. The van der Waals surface area contributed by atoms with Gasteiger partial charge in [0.1, 0.15) is 0 Å². The van der Waals surface area contributed by atoms with Crippen LogP contribution in [0.2, 0.25) is 0 Å². The molecule has 9 nitrogen and oxygen atoms in total. The summed E-state index contributed by atoms with van der Waals surface area (Å²) in [6, 6.07) is 7.51. The number of nitrogens with one attached hydrogen (secondary N) is 2. The van der Waals surface area contributed by atoms with E-state index in [9.17, 15) is 9.59 Å². The smallest absolute Gasteiger partial charge is 0.290 e. The van der Waals surface area contributed by atoms with E-state index in [1.807, 2.05) is 18.2 Å². The molecule has 0 aliphatic carbocycles. The molecule has 162 valence electrons. The third-order valence-electron chi connectivity index (χ3n) is 5.21. The molecule has 0 spiro atoms. The lowest BCUT2D eigenvalue weighted by molar-refractivity contribution is -0.115. The summed E-state index contributed by atoms with van der Waals surface area (Å²) in [4.78, 5) is 38.9. The molecule has 2 fully saturated rings. The highest BCUT2D eigenvalue weighted by Crippen LogP contribution is 2.26. The largest absolute Gasteiger partial charge is 0.481 e. The van der Waals surface area contributed by atoms with Gasteiger partial charge in [-0.05, 0) is 55.3 Å². The third-order valence-corrected chi connectivity index (χ3v) is 6.02. The van der Waals surface area contributed by atoms with Crippen molar-refractivity contribution >= 4 is 34.9 Å². The van der Waals surface area contributed by atoms with Crippen molar-refractivity contribution in [3.8, 4) is 5.88 Å². The number of imide groups is 1. The average molecular weight is 441 g/mol. The molecular formula is C21H24N6O3S. The first-order chi connectivity index (χ1) is 15.1. The van der Waals surface area contributed by atoms with Gasteiger partial charge in [-0.3, -0.25) is 14.9 Å². The number of amides is 2. The van der Waals surface area contributed by atoms with Crippen LogP contribution in [0.5, 0.6) is 5.88 Å². The van der Waals surface area contributed by atoms with Crippen LogP contribution in [0.4, 0.5) is 10.7 Å². The quantitative estimate of drug-likeness (QED) is 0.626. The number of nitrogens with zero attached hydrogens (tertiary/aromatic N) is 4. The van der Waals surface area contributed by atoms with E-state index >= 15 is 0 Å². The summed E-state index contributed by atoms with van der Waals surface area (Å²) in [5.41, 5.74) is 1.58. The van der Waals surface area contributed by atoms with Gasteiger partial charge in [-0.2, -0.15) is 0 Å². The number of rotatable bonds is 7. The van der Waals surface area contributed by atoms with E-state index in [4.69, 9.17) is 4.74 Å². The molecule has 0 atom stereocenters. The van der Waals surface area contributed by atoms with Gasteiger partial charge in [0.25, 0.3) is 11.1 Å². The lowest BCUT2D eigenvalue weighted by Crippen LogP contribution is -2.38. The topological polar surface area (TPSA) is 109 Å². The van der Waals surface area contributed by atoms with Gasteiger partial charge in [-0.1, -0.05) is 6.07 Å². The van der Waals surface area contributed by atoms with Gasteiger partial charge >= 0.3 is 0 Å². The number of carbonyl (C=O) groups excluding carboxylic acids is 2. The van der Waals surface area contributed by atoms with Crippen LogP contribution in [-0.2, 0) is 11.3 Å². The Balaban J connectivity index is 1.27. The maximum Gasteiger partial charge on any atom is 0.290 e. The standard InChI is InChI=1S/C21H24N6O3S/c1-30-18-4-2-3-16(24-18)13-22-12-14-6-9-27(10-7-14)20-23-8-5-15(25-20)11-17-19(28)26-21(29)31-17/h2-5,8,11,14,22H,6-7,9-10,12-13H2,1H3,(H,26,28,29)/b17-11+. The Hall–Kier alpha value is -2.98. The Kier molecular flexibility index (Phi) is 6.78. The van der Waals surface area contributed by atoms with Crippen molar-refractivity contribution < 1.29 is 14.3 Å². The second-order valence-electron chi connectivity index (χ2n) is 7.37. The lowest BCUT2D eigenvalue weighted by Gasteiger charge is -2.32. The van der Waals surface area contributed by atoms with Crippen LogP contribution in [0.3, 0.4) is 0 Å². The van der Waals surface area contributed by atoms with Gasteiger partial charge in [0, 0.05) is 31.9 Å². The zero-order chi connectivity index (χ0) is 21.6. The van der Waals surface area contributed by atoms with Crippen LogP contribution in [0.1, 0.15) is 24.2 Å². The fourth-order valence-electron chi connectivity index (χ4n) is 3.56. The first kappa shape index (κ1) is 21.3. The number of methoxy groups -OCH3 is 1. The van der Waals surface area contributed by atoms with Gasteiger partial charge in [0.05, 0.1) is 23.4 Å². The average Bonchev–Trinajstić information content (AvgIpc) is 3.11. The molecule has 31 heavy (non-hydrogen) atoms. The SMILES string of the molecule is COc1cccc(CNCC2CCN(c3nccc(/C=C4/SC(=O)NC4=O)n3)CC2)n1. The number of piperidine rings is 1. The second kappa shape index (κ2) is 9.88. The number of thioether (sulfide) groups is 1. The van der Waals surface area contributed by atoms with Crippen LogP contribution >= 0.6 is 11.8 Å². The van der Waals surface area contributed by atoms with Crippen LogP contribution in [-0.4, -0.2) is 52.8 Å². The number of pyridine rings is 1. The number of ether oxygens (including phenoxy) is 1. The molecule has 4 heterocycles. The van der Waals surface area contributed by atoms with Crippen molar-refractivity contribution in [1.29, 1.82) is 0 Å². The molecule has 2 saturated heterocycles. The van der Waals surface area contributed by atoms with E-state index in [1.165, 1.54) is 0 Å². The van der Waals surface area contributed by atoms with Crippen LogP contribution < -0.4 is 20.3 Å². The summed E-state index contributed by atoms with van der Waals surface area (Å²) in [5.74, 6) is 1.48. The number of aromatic nitrogens is 3. The summed E-state index contributed by atoms with van der Waals surface area (Å²) in [6.45, 7) is 3.39. The molecule has 2 aromatic rings. The van der Waals surface area contributed by atoms with E-state index in [0.717, 1.165) is 49.9 Å². The molecule has 0 bridgehead atoms. The summed E-state index contributed by atoms with van der Waals surface area (Å²) >= 11 is 0.887. The lowest BCUT2D eigenvalue weighted by atomic mass is 9.97. The molecule has 0 aromatic carbocycles. The summed E-state index contributed by atoms with van der Waals surface area (Å²) in [5, 5.41) is 5.38. The minimum absolute atomic E-state index is 0.352. The van der Waals surface area contributed by atoms with Crippen LogP contribution in [0.15, 0.2) is 35.4 Å². The minimum Gasteiger partial charge on any atom is -0.481 e. The highest BCUT2D eigenvalue weighted by Gasteiger charge is 2.25. The predicted octanol–water partition coefficient (Wildman–Crippen LogP) is 2.21. The number of carbonyl (C=O) groups is 2.